The molecule has 8 heteroatoms. The smallest absolute Gasteiger partial charge is 0.317 e. The summed E-state index contributed by atoms with van der Waals surface area (Å²) in [5.74, 6) is 0.825. The van der Waals surface area contributed by atoms with Gasteiger partial charge in [-0.2, -0.15) is 0 Å². The van der Waals surface area contributed by atoms with Crippen LogP contribution in [-0.4, -0.2) is 66.7 Å². The van der Waals surface area contributed by atoms with Crippen molar-refractivity contribution in [1.82, 2.24) is 20.3 Å². The highest BCUT2D eigenvalue weighted by Crippen LogP contribution is 2.14. The van der Waals surface area contributed by atoms with Gasteiger partial charge in [0.1, 0.15) is 5.76 Å². The Kier molecular flexibility index (Phi) is 6.96. The van der Waals surface area contributed by atoms with E-state index in [1.54, 1.807) is 9.80 Å². The number of aromatic nitrogens is 1. The molecular weight excluding hydrogens is 318 g/mol. The maximum absolute atomic E-state index is 12.4. The number of hydrogen-bond donors (Lipinski definition) is 1. The summed E-state index contributed by atoms with van der Waals surface area (Å²) in [4.78, 5) is 15.6. The van der Waals surface area contributed by atoms with E-state index in [0.29, 0.717) is 32.7 Å². The molecule has 1 N–H and O–H groups in total. The zero-order chi connectivity index (χ0) is 17.5. The van der Waals surface area contributed by atoms with E-state index in [0.717, 1.165) is 36.3 Å². The second-order valence-corrected chi connectivity index (χ2v) is 6.17. The van der Waals surface area contributed by atoms with Crippen LogP contribution in [0.2, 0.25) is 0 Å². The topological polar surface area (TPSA) is 61.6 Å². The summed E-state index contributed by atoms with van der Waals surface area (Å²) in [7, 11) is 0. The van der Waals surface area contributed by atoms with Gasteiger partial charge in [-0.25, -0.2) is 13.6 Å². The molecule has 6 nitrogen and oxygen atoms in total. The zero-order valence-corrected chi connectivity index (χ0v) is 14.4. The van der Waals surface area contributed by atoms with Crippen LogP contribution in [0.5, 0.6) is 0 Å². The van der Waals surface area contributed by atoms with Crippen molar-refractivity contribution in [2.24, 2.45) is 0 Å². The van der Waals surface area contributed by atoms with Crippen LogP contribution in [0.1, 0.15) is 29.9 Å². The molecule has 1 saturated heterocycles. The fraction of sp³-hybridized carbons (Fsp3) is 0.750. The molecule has 0 atom stereocenters. The molecule has 1 aromatic heterocycles. The molecule has 1 aromatic rings. The molecule has 136 valence electrons. The summed E-state index contributed by atoms with van der Waals surface area (Å²) >= 11 is 0. The van der Waals surface area contributed by atoms with E-state index >= 15 is 0 Å². The predicted molar refractivity (Wildman–Crippen MR) is 86.3 cm³/mol. The van der Waals surface area contributed by atoms with Gasteiger partial charge in [-0.1, -0.05) is 5.16 Å². The van der Waals surface area contributed by atoms with Gasteiger partial charge in [-0.05, 0) is 33.1 Å². The molecule has 2 amide bonds. The normalized spacial score (nSPS) is 16.5. The van der Waals surface area contributed by atoms with Crippen molar-refractivity contribution in [1.29, 1.82) is 0 Å². The van der Waals surface area contributed by atoms with Crippen molar-refractivity contribution in [3.8, 4) is 0 Å². The van der Waals surface area contributed by atoms with Crippen LogP contribution < -0.4 is 5.32 Å². The number of nitrogens with zero attached hydrogens (tertiary/aromatic N) is 3. The molecule has 0 aromatic carbocycles. The Labute approximate surface area is 141 Å². The van der Waals surface area contributed by atoms with Gasteiger partial charge in [0.25, 0.3) is 6.43 Å². The molecule has 0 spiro atoms. The van der Waals surface area contributed by atoms with Crippen molar-refractivity contribution >= 4 is 6.03 Å². The van der Waals surface area contributed by atoms with Crippen LogP contribution in [-0.2, 0) is 6.42 Å². The lowest BCUT2D eigenvalue weighted by Gasteiger charge is -2.22. The Balaban J connectivity index is 1.69. The largest absolute Gasteiger partial charge is 0.361 e. The third-order valence-electron chi connectivity index (χ3n) is 4.33. The number of alkyl halides is 2. The molecule has 0 aliphatic carbocycles. The average Bonchev–Trinajstić information content (AvgIpc) is 2.73. The van der Waals surface area contributed by atoms with E-state index in [9.17, 15) is 13.6 Å². The summed E-state index contributed by atoms with van der Waals surface area (Å²) in [5.41, 5.74) is 1.99. The molecular formula is C16H26F2N4O2. The van der Waals surface area contributed by atoms with Crippen LogP contribution in [0.4, 0.5) is 13.6 Å². The Morgan fingerprint density at radius 1 is 1.29 bits per heavy atom. The number of hydrogen-bond acceptors (Lipinski definition) is 4. The molecule has 0 bridgehead atoms. The summed E-state index contributed by atoms with van der Waals surface area (Å²) < 4.78 is 30.0. The van der Waals surface area contributed by atoms with E-state index < -0.39 is 6.43 Å². The number of carbonyl (C=O) groups is 1. The number of carbonyl (C=O) groups excluding carboxylic acids is 1. The number of urea groups is 1. The minimum atomic E-state index is -2.32. The van der Waals surface area contributed by atoms with Crippen molar-refractivity contribution < 1.29 is 18.1 Å². The second kappa shape index (κ2) is 8.96. The lowest BCUT2D eigenvalue weighted by atomic mass is 10.1. The van der Waals surface area contributed by atoms with Gasteiger partial charge in [0.05, 0.1) is 12.2 Å². The number of aryl methyl sites for hydroxylation is 2. The van der Waals surface area contributed by atoms with Gasteiger partial charge in [-0.3, -0.25) is 4.90 Å². The van der Waals surface area contributed by atoms with E-state index in [4.69, 9.17) is 4.52 Å². The summed E-state index contributed by atoms with van der Waals surface area (Å²) in [6.07, 6.45) is 0.0118. The van der Waals surface area contributed by atoms with Crippen molar-refractivity contribution in [3.05, 3.63) is 17.0 Å². The molecule has 2 rings (SSSR count). The van der Waals surface area contributed by atoms with Crippen LogP contribution in [0.3, 0.4) is 0 Å². The Morgan fingerprint density at radius 2 is 2.08 bits per heavy atom. The third-order valence-corrected chi connectivity index (χ3v) is 4.33. The van der Waals surface area contributed by atoms with E-state index in [-0.39, 0.29) is 12.6 Å². The van der Waals surface area contributed by atoms with Gasteiger partial charge < -0.3 is 14.7 Å². The van der Waals surface area contributed by atoms with Gasteiger partial charge in [0, 0.05) is 38.3 Å². The molecule has 24 heavy (non-hydrogen) atoms. The Bertz CT molecular complexity index is 517. The predicted octanol–water partition coefficient (Wildman–Crippen LogP) is 2.21. The standard InChI is InChI=1S/C16H26F2N4O2/c1-12-14(13(2)24-20-12)5-3-6-19-16(23)22-8-4-7-21(9-10-22)11-15(17)18/h15H,3-11H2,1-2H3,(H,19,23). The van der Waals surface area contributed by atoms with E-state index in [1.165, 1.54) is 0 Å². The highest BCUT2D eigenvalue weighted by Gasteiger charge is 2.20. The molecule has 1 fully saturated rings. The van der Waals surface area contributed by atoms with Crippen LogP contribution in [0.25, 0.3) is 0 Å². The molecule has 0 saturated carbocycles. The summed E-state index contributed by atoms with van der Waals surface area (Å²) in [5, 5.41) is 6.82. The van der Waals surface area contributed by atoms with Crippen molar-refractivity contribution in [3.63, 3.8) is 0 Å². The summed E-state index contributed by atoms with van der Waals surface area (Å²) in [6.45, 7) is 6.35. The SMILES string of the molecule is Cc1noc(C)c1CCCNC(=O)N1CCCN(CC(F)F)CC1. The first-order valence-electron chi connectivity index (χ1n) is 8.42. The number of nitrogens with one attached hydrogen (secondary N) is 1. The molecule has 2 heterocycles. The van der Waals surface area contributed by atoms with Gasteiger partial charge >= 0.3 is 6.03 Å². The molecule has 1 aliphatic heterocycles. The quantitative estimate of drug-likeness (QED) is 0.804. The van der Waals surface area contributed by atoms with E-state index in [2.05, 4.69) is 10.5 Å². The lowest BCUT2D eigenvalue weighted by Crippen LogP contribution is -2.42. The number of amides is 2. The minimum absolute atomic E-state index is 0.118. The van der Waals surface area contributed by atoms with Gasteiger partial charge in [0.15, 0.2) is 0 Å². The van der Waals surface area contributed by atoms with Crippen LogP contribution in [0.15, 0.2) is 4.52 Å². The van der Waals surface area contributed by atoms with Crippen molar-refractivity contribution in [2.45, 2.75) is 39.5 Å². The highest BCUT2D eigenvalue weighted by molar-refractivity contribution is 5.74. The fourth-order valence-electron chi connectivity index (χ4n) is 2.98. The van der Waals surface area contributed by atoms with E-state index in [1.807, 2.05) is 13.8 Å². The number of halogens is 2. The minimum Gasteiger partial charge on any atom is -0.361 e. The first-order valence-corrected chi connectivity index (χ1v) is 8.42. The first kappa shape index (κ1) is 18.6. The van der Waals surface area contributed by atoms with Crippen LogP contribution in [0, 0.1) is 13.8 Å². The van der Waals surface area contributed by atoms with Gasteiger partial charge in [-0.15, -0.1) is 0 Å². The average molecular weight is 344 g/mol. The maximum atomic E-state index is 12.4. The zero-order valence-electron chi connectivity index (χ0n) is 14.4. The Hall–Kier alpha value is -1.70. The maximum Gasteiger partial charge on any atom is 0.317 e. The second-order valence-electron chi connectivity index (χ2n) is 6.17. The van der Waals surface area contributed by atoms with Crippen LogP contribution >= 0.6 is 0 Å². The fourth-order valence-corrected chi connectivity index (χ4v) is 2.98. The van der Waals surface area contributed by atoms with Gasteiger partial charge in [0.2, 0.25) is 0 Å². The summed E-state index contributed by atoms with van der Waals surface area (Å²) in [6, 6.07) is -0.118. The molecule has 1 aliphatic rings. The molecule has 0 radical (unpaired) electrons. The van der Waals surface area contributed by atoms with Crippen molar-refractivity contribution in [2.75, 3.05) is 39.3 Å². The lowest BCUT2D eigenvalue weighted by molar-refractivity contribution is 0.0904. The third kappa shape index (κ3) is 5.43. The monoisotopic (exact) mass is 344 g/mol. The Morgan fingerprint density at radius 3 is 2.75 bits per heavy atom. The highest BCUT2D eigenvalue weighted by atomic mass is 19.3. The molecule has 0 unspecified atom stereocenters. The number of rotatable bonds is 6. The first-order chi connectivity index (χ1) is 11.5.